The first-order chi connectivity index (χ1) is 9.83. The number of likely N-dealkylation sites (tertiary alicyclic amines) is 1. The summed E-state index contributed by atoms with van der Waals surface area (Å²) in [5, 5.41) is 4.06. The van der Waals surface area contributed by atoms with E-state index in [2.05, 4.69) is 10.1 Å². The molecule has 2 fully saturated rings. The molecule has 2 aromatic rings. The van der Waals surface area contributed by atoms with Gasteiger partial charge in [-0.2, -0.15) is 4.98 Å². The normalized spacial score (nSPS) is 22.4. The lowest BCUT2D eigenvalue weighted by atomic mass is 10.2. The van der Waals surface area contributed by atoms with Crippen LogP contribution in [0.2, 0.25) is 0 Å². The fourth-order valence-electron chi connectivity index (χ4n) is 2.70. The fourth-order valence-corrected chi connectivity index (χ4v) is 2.70. The number of hydrogen-bond acceptors (Lipinski definition) is 5. The maximum atomic E-state index is 12.4. The van der Waals surface area contributed by atoms with E-state index in [4.69, 9.17) is 8.94 Å². The summed E-state index contributed by atoms with van der Waals surface area (Å²) in [7, 11) is 0. The summed E-state index contributed by atoms with van der Waals surface area (Å²) in [6.45, 7) is 0.706. The second-order valence-electron chi connectivity index (χ2n) is 5.40. The zero-order valence-electron chi connectivity index (χ0n) is 11.0. The van der Waals surface area contributed by atoms with E-state index >= 15 is 0 Å². The van der Waals surface area contributed by atoms with Crippen LogP contribution in [0.4, 0.5) is 0 Å². The smallest absolute Gasteiger partial charge is 0.290 e. The minimum Gasteiger partial charge on any atom is -0.459 e. The molecule has 1 aliphatic carbocycles. The molecule has 6 heteroatoms. The lowest BCUT2D eigenvalue weighted by molar-refractivity contribution is 0.0696. The molecule has 0 aromatic carbocycles. The van der Waals surface area contributed by atoms with Crippen LogP contribution in [0.15, 0.2) is 27.3 Å². The molecule has 104 valence electrons. The lowest BCUT2D eigenvalue weighted by Gasteiger charge is -2.20. The predicted molar refractivity (Wildman–Crippen MR) is 68.0 cm³/mol. The van der Waals surface area contributed by atoms with Crippen LogP contribution in [0.1, 0.15) is 59.9 Å². The zero-order valence-corrected chi connectivity index (χ0v) is 11.0. The van der Waals surface area contributed by atoms with Crippen LogP contribution in [0.25, 0.3) is 0 Å². The van der Waals surface area contributed by atoms with E-state index in [9.17, 15) is 4.79 Å². The molecule has 2 aliphatic rings. The summed E-state index contributed by atoms with van der Waals surface area (Å²) >= 11 is 0. The number of rotatable bonds is 3. The van der Waals surface area contributed by atoms with Gasteiger partial charge >= 0.3 is 0 Å². The van der Waals surface area contributed by atoms with Gasteiger partial charge in [-0.25, -0.2) is 0 Å². The van der Waals surface area contributed by atoms with Crippen LogP contribution < -0.4 is 0 Å². The van der Waals surface area contributed by atoms with E-state index in [1.54, 1.807) is 17.0 Å². The van der Waals surface area contributed by atoms with Gasteiger partial charge in [-0.3, -0.25) is 4.79 Å². The van der Waals surface area contributed by atoms with Gasteiger partial charge in [0.1, 0.15) is 0 Å². The monoisotopic (exact) mass is 273 g/mol. The minimum atomic E-state index is -0.102. The van der Waals surface area contributed by atoms with Gasteiger partial charge in [0.25, 0.3) is 5.91 Å². The van der Waals surface area contributed by atoms with Gasteiger partial charge in [-0.05, 0) is 37.8 Å². The maximum absolute atomic E-state index is 12.4. The molecule has 0 N–H and O–H groups in total. The molecular weight excluding hydrogens is 258 g/mol. The molecule has 1 saturated carbocycles. The van der Waals surface area contributed by atoms with Crippen LogP contribution in [-0.4, -0.2) is 27.5 Å². The Bertz CT molecular complexity index is 615. The highest BCUT2D eigenvalue weighted by Crippen LogP contribution is 2.40. The van der Waals surface area contributed by atoms with Gasteiger partial charge < -0.3 is 13.8 Å². The number of carbonyl (C=O) groups is 1. The Hall–Kier alpha value is -2.11. The molecule has 0 spiro atoms. The molecule has 0 radical (unpaired) electrons. The third kappa shape index (κ3) is 1.92. The van der Waals surface area contributed by atoms with E-state index in [-0.39, 0.29) is 11.9 Å². The van der Waals surface area contributed by atoms with E-state index in [1.807, 2.05) is 0 Å². The Kier molecular flexibility index (Phi) is 2.61. The van der Waals surface area contributed by atoms with Crippen molar-refractivity contribution in [3.8, 4) is 0 Å². The molecule has 4 rings (SSSR count). The van der Waals surface area contributed by atoms with Crippen LogP contribution in [0, 0.1) is 0 Å². The van der Waals surface area contributed by atoms with Gasteiger partial charge in [0.2, 0.25) is 5.89 Å². The van der Waals surface area contributed by atoms with E-state index in [1.165, 1.54) is 6.26 Å². The van der Waals surface area contributed by atoms with Crippen molar-refractivity contribution in [3.05, 3.63) is 35.9 Å². The second kappa shape index (κ2) is 4.47. The predicted octanol–water partition coefficient (Wildman–Crippen LogP) is 2.52. The average molecular weight is 273 g/mol. The Morgan fingerprint density at radius 3 is 3.00 bits per heavy atom. The van der Waals surface area contributed by atoms with Crippen molar-refractivity contribution < 1.29 is 13.7 Å². The third-order valence-electron chi connectivity index (χ3n) is 3.93. The summed E-state index contributed by atoms with van der Waals surface area (Å²) in [6.07, 6.45) is 5.58. The van der Waals surface area contributed by atoms with E-state index in [0.29, 0.717) is 24.0 Å². The van der Waals surface area contributed by atoms with Crippen molar-refractivity contribution in [3.63, 3.8) is 0 Å². The van der Waals surface area contributed by atoms with Crippen molar-refractivity contribution in [2.45, 2.75) is 37.6 Å². The summed E-state index contributed by atoms with van der Waals surface area (Å²) in [4.78, 5) is 18.6. The molecule has 6 nitrogen and oxygen atoms in total. The molecule has 1 amide bonds. The largest absolute Gasteiger partial charge is 0.459 e. The Morgan fingerprint density at radius 2 is 2.25 bits per heavy atom. The van der Waals surface area contributed by atoms with Crippen LogP contribution in [0.5, 0.6) is 0 Å². The summed E-state index contributed by atoms with van der Waals surface area (Å²) < 4.78 is 10.5. The number of amides is 1. The Balaban J connectivity index is 1.58. The van der Waals surface area contributed by atoms with Crippen molar-refractivity contribution >= 4 is 5.91 Å². The van der Waals surface area contributed by atoms with Crippen LogP contribution in [0.3, 0.4) is 0 Å². The molecular formula is C14H15N3O3. The SMILES string of the molecule is O=C(c1ccco1)N1CCC[C@@H]1c1noc(C2CC2)n1. The van der Waals surface area contributed by atoms with E-state index in [0.717, 1.165) is 31.6 Å². The number of nitrogens with zero attached hydrogens (tertiary/aromatic N) is 3. The van der Waals surface area contributed by atoms with Gasteiger partial charge in [0, 0.05) is 12.5 Å². The fraction of sp³-hybridized carbons (Fsp3) is 0.500. The van der Waals surface area contributed by atoms with Crippen LogP contribution in [-0.2, 0) is 0 Å². The summed E-state index contributed by atoms with van der Waals surface area (Å²) in [5.41, 5.74) is 0. The van der Waals surface area contributed by atoms with Crippen molar-refractivity contribution in [2.24, 2.45) is 0 Å². The highest BCUT2D eigenvalue weighted by atomic mass is 16.5. The Labute approximate surface area is 115 Å². The molecule has 1 atom stereocenters. The number of carbonyl (C=O) groups excluding carboxylic acids is 1. The highest BCUT2D eigenvalue weighted by Gasteiger charge is 2.36. The molecule has 0 unspecified atom stereocenters. The minimum absolute atomic E-state index is 0.0937. The first kappa shape index (κ1) is 11.7. The maximum Gasteiger partial charge on any atom is 0.290 e. The number of hydrogen-bond donors (Lipinski definition) is 0. The molecule has 1 saturated heterocycles. The molecule has 2 aromatic heterocycles. The van der Waals surface area contributed by atoms with Gasteiger partial charge in [-0.15, -0.1) is 0 Å². The lowest BCUT2D eigenvalue weighted by Crippen LogP contribution is -2.30. The van der Waals surface area contributed by atoms with Crippen molar-refractivity contribution in [2.75, 3.05) is 6.54 Å². The quantitative estimate of drug-likeness (QED) is 0.859. The topological polar surface area (TPSA) is 72.4 Å². The molecule has 20 heavy (non-hydrogen) atoms. The summed E-state index contributed by atoms with van der Waals surface area (Å²) in [5.74, 6) is 2.05. The third-order valence-corrected chi connectivity index (χ3v) is 3.93. The summed E-state index contributed by atoms with van der Waals surface area (Å²) in [6, 6.07) is 3.31. The molecule has 0 bridgehead atoms. The standard InChI is InChI=1S/C14H15N3O3/c18-14(11-4-2-8-19-11)17-7-1-3-10(17)12-15-13(20-16-12)9-5-6-9/h2,4,8-10H,1,3,5-7H2/t10-/m1/s1. The Morgan fingerprint density at radius 1 is 1.35 bits per heavy atom. The van der Waals surface area contributed by atoms with Crippen molar-refractivity contribution in [1.82, 2.24) is 15.0 Å². The highest BCUT2D eigenvalue weighted by molar-refractivity contribution is 5.91. The van der Waals surface area contributed by atoms with Gasteiger partial charge in [0.15, 0.2) is 11.6 Å². The first-order valence-electron chi connectivity index (χ1n) is 7.01. The average Bonchev–Trinajstić information content (AvgIpc) is 2.97. The first-order valence-corrected chi connectivity index (χ1v) is 7.01. The van der Waals surface area contributed by atoms with E-state index < -0.39 is 0 Å². The number of furan rings is 1. The number of aromatic nitrogens is 2. The van der Waals surface area contributed by atoms with Gasteiger partial charge in [-0.1, -0.05) is 5.16 Å². The zero-order chi connectivity index (χ0) is 13.5. The second-order valence-corrected chi connectivity index (χ2v) is 5.40. The van der Waals surface area contributed by atoms with Crippen molar-refractivity contribution in [1.29, 1.82) is 0 Å². The molecule has 3 heterocycles. The van der Waals surface area contributed by atoms with Gasteiger partial charge in [0.05, 0.1) is 12.3 Å². The molecule has 1 aliphatic heterocycles. The van der Waals surface area contributed by atoms with Crippen LogP contribution >= 0.6 is 0 Å².